The topological polar surface area (TPSA) is 65.5 Å². The first kappa shape index (κ1) is 17.2. The summed E-state index contributed by atoms with van der Waals surface area (Å²) < 4.78 is 16.9. The van der Waals surface area contributed by atoms with Crippen molar-refractivity contribution in [2.45, 2.75) is 13.0 Å². The number of thiazole rings is 1. The lowest BCUT2D eigenvalue weighted by molar-refractivity contribution is 0.0717. The fraction of sp³-hybridized carbons (Fsp3) is 0.222. The van der Waals surface area contributed by atoms with Crippen molar-refractivity contribution in [2.75, 3.05) is 19.0 Å². The van der Waals surface area contributed by atoms with Crippen LogP contribution in [0.1, 0.15) is 6.92 Å². The second-order valence-electron chi connectivity index (χ2n) is 5.25. The smallest absolute Gasteiger partial charge is 0.188 e. The van der Waals surface area contributed by atoms with Gasteiger partial charge in [0.25, 0.3) is 0 Å². The van der Waals surface area contributed by atoms with Gasteiger partial charge in [-0.15, -0.1) is 11.3 Å². The fourth-order valence-corrected chi connectivity index (χ4v) is 2.50. The van der Waals surface area contributed by atoms with Crippen LogP contribution in [0.5, 0.6) is 17.2 Å². The molecule has 1 unspecified atom stereocenters. The number of benzene rings is 1. The number of anilines is 2. The summed E-state index contributed by atoms with van der Waals surface area (Å²) in [6.45, 7) is 2.34. The highest BCUT2D eigenvalue weighted by molar-refractivity contribution is 7.13. The van der Waals surface area contributed by atoms with Crippen LogP contribution in [0.2, 0.25) is 0 Å². The number of hydrogen-bond donors (Lipinski definition) is 1. The summed E-state index contributed by atoms with van der Waals surface area (Å²) in [4.78, 5) is 8.63. The van der Waals surface area contributed by atoms with Crippen LogP contribution in [0.3, 0.4) is 0 Å². The van der Waals surface area contributed by atoms with Crippen LogP contribution >= 0.6 is 11.3 Å². The van der Waals surface area contributed by atoms with Crippen molar-refractivity contribution in [1.82, 2.24) is 9.97 Å². The summed E-state index contributed by atoms with van der Waals surface area (Å²) in [5, 5.41) is 5.80. The zero-order valence-electron chi connectivity index (χ0n) is 14.0. The van der Waals surface area contributed by atoms with Gasteiger partial charge in [-0.1, -0.05) is 18.2 Å². The first-order valence-corrected chi connectivity index (χ1v) is 8.67. The number of rotatable bonds is 8. The van der Waals surface area contributed by atoms with Crippen molar-refractivity contribution in [3.8, 4) is 17.2 Å². The van der Waals surface area contributed by atoms with E-state index in [9.17, 15) is 0 Å². The molecule has 0 saturated heterocycles. The minimum atomic E-state index is -0.0357. The van der Waals surface area contributed by atoms with Crippen molar-refractivity contribution in [1.29, 1.82) is 0 Å². The SMILES string of the molecule is COC(C)COc1cc(Oc2ccccc2)cnc1Nc1nccs1. The molecule has 2 heterocycles. The third kappa shape index (κ3) is 4.91. The van der Waals surface area contributed by atoms with Crippen molar-refractivity contribution >= 4 is 22.3 Å². The lowest BCUT2D eigenvalue weighted by atomic mass is 10.3. The second-order valence-corrected chi connectivity index (χ2v) is 6.15. The molecule has 3 rings (SSSR count). The quantitative estimate of drug-likeness (QED) is 0.641. The van der Waals surface area contributed by atoms with Crippen molar-refractivity contribution in [2.24, 2.45) is 0 Å². The van der Waals surface area contributed by atoms with E-state index in [-0.39, 0.29) is 6.10 Å². The van der Waals surface area contributed by atoms with Crippen LogP contribution in [0.4, 0.5) is 10.9 Å². The number of methoxy groups -OCH3 is 1. The molecule has 130 valence electrons. The van der Waals surface area contributed by atoms with Crippen molar-refractivity contribution in [3.63, 3.8) is 0 Å². The van der Waals surface area contributed by atoms with Gasteiger partial charge in [0.1, 0.15) is 18.1 Å². The normalized spacial score (nSPS) is 11.8. The molecule has 2 aromatic heterocycles. The van der Waals surface area contributed by atoms with Gasteiger partial charge in [0, 0.05) is 24.8 Å². The summed E-state index contributed by atoms with van der Waals surface area (Å²) >= 11 is 1.49. The lowest BCUT2D eigenvalue weighted by Gasteiger charge is -2.15. The van der Waals surface area contributed by atoms with E-state index in [0.29, 0.717) is 23.9 Å². The molecule has 0 saturated carbocycles. The van der Waals surface area contributed by atoms with Crippen molar-refractivity contribution in [3.05, 3.63) is 54.2 Å². The van der Waals surface area contributed by atoms with Gasteiger partial charge in [-0.3, -0.25) is 0 Å². The summed E-state index contributed by atoms with van der Waals surface area (Å²) in [7, 11) is 1.65. The summed E-state index contributed by atoms with van der Waals surface area (Å²) in [6.07, 6.45) is 3.34. The van der Waals surface area contributed by atoms with Crippen LogP contribution < -0.4 is 14.8 Å². The molecule has 0 aliphatic heterocycles. The predicted octanol–water partition coefficient (Wildman–Crippen LogP) is 4.49. The minimum Gasteiger partial charge on any atom is -0.487 e. The van der Waals surface area contributed by atoms with Gasteiger partial charge in [0.2, 0.25) is 0 Å². The maximum atomic E-state index is 5.86. The Kier molecular flexibility index (Phi) is 5.81. The third-order valence-corrected chi connectivity index (χ3v) is 4.03. The van der Waals surface area contributed by atoms with Crippen LogP contribution in [0, 0.1) is 0 Å². The first-order chi connectivity index (χ1) is 12.2. The molecule has 0 aliphatic rings. The zero-order chi connectivity index (χ0) is 17.5. The number of aromatic nitrogens is 2. The Balaban J connectivity index is 1.81. The molecule has 0 fully saturated rings. The van der Waals surface area contributed by atoms with E-state index in [1.54, 1.807) is 25.6 Å². The molecule has 1 N–H and O–H groups in total. The Morgan fingerprint density at radius 2 is 2.00 bits per heavy atom. The number of para-hydroxylation sites is 1. The number of nitrogens with zero attached hydrogens (tertiary/aromatic N) is 2. The Morgan fingerprint density at radius 3 is 2.72 bits per heavy atom. The lowest BCUT2D eigenvalue weighted by Crippen LogP contribution is -2.16. The molecule has 1 atom stereocenters. The Labute approximate surface area is 150 Å². The van der Waals surface area contributed by atoms with Gasteiger partial charge in [-0.2, -0.15) is 0 Å². The largest absolute Gasteiger partial charge is 0.487 e. The second kappa shape index (κ2) is 8.46. The van der Waals surface area contributed by atoms with Gasteiger partial charge in [0.15, 0.2) is 16.7 Å². The molecular formula is C18H19N3O3S. The highest BCUT2D eigenvalue weighted by atomic mass is 32.1. The number of nitrogens with one attached hydrogen (secondary N) is 1. The Hall–Kier alpha value is -2.64. The number of pyridine rings is 1. The number of hydrogen-bond acceptors (Lipinski definition) is 7. The molecule has 7 heteroatoms. The van der Waals surface area contributed by atoms with Crippen LogP contribution in [0.25, 0.3) is 0 Å². The van der Waals surface area contributed by atoms with E-state index in [1.165, 1.54) is 11.3 Å². The fourth-order valence-electron chi connectivity index (χ4n) is 1.97. The van der Waals surface area contributed by atoms with E-state index in [0.717, 1.165) is 10.9 Å². The van der Waals surface area contributed by atoms with E-state index < -0.39 is 0 Å². The average molecular weight is 357 g/mol. The molecule has 0 spiro atoms. The third-order valence-electron chi connectivity index (χ3n) is 3.34. The summed E-state index contributed by atoms with van der Waals surface area (Å²) in [6, 6.07) is 11.3. The molecule has 0 radical (unpaired) electrons. The van der Waals surface area contributed by atoms with Gasteiger partial charge in [-0.25, -0.2) is 9.97 Å². The van der Waals surface area contributed by atoms with E-state index in [4.69, 9.17) is 14.2 Å². The summed E-state index contributed by atoms with van der Waals surface area (Å²) in [5.74, 6) is 2.49. The first-order valence-electron chi connectivity index (χ1n) is 7.79. The van der Waals surface area contributed by atoms with Crippen molar-refractivity contribution < 1.29 is 14.2 Å². The van der Waals surface area contributed by atoms with E-state index in [1.807, 2.05) is 42.6 Å². The molecule has 0 amide bonds. The maximum absolute atomic E-state index is 5.86. The minimum absolute atomic E-state index is 0.0357. The number of ether oxygens (including phenoxy) is 3. The highest BCUT2D eigenvalue weighted by Gasteiger charge is 2.12. The molecule has 0 bridgehead atoms. The summed E-state index contributed by atoms with van der Waals surface area (Å²) in [5.41, 5.74) is 0. The molecule has 0 aliphatic carbocycles. The van der Waals surface area contributed by atoms with E-state index in [2.05, 4.69) is 15.3 Å². The van der Waals surface area contributed by atoms with Crippen LogP contribution in [-0.4, -0.2) is 29.8 Å². The molecule has 6 nitrogen and oxygen atoms in total. The highest BCUT2D eigenvalue weighted by Crippen LogP contribution is 2.32. The zero-order valence-corrected chi connectivity index (χ0v) is 14.8. The predicted molar refractivity (Wildman–Crippen MR) is 98.1 cm³/mol. The van der Waals surface area contributed by atoms with Gasteiger partial charge in [0.05, 0.1) is 12.3 Å². The maximum Gasteiger partial charge on any atom is 0.188 e. The molecule has 1 aromatic carbocycles. The van der Waals surface area contributed by atoms with Crippen LogP contribution in [-0.2, 0) is 4.74 Å². The monoisotopic (exact) mass is 357 g/mol. The standard InChI is InChI=1S/C18H19N3O3S/c1-13(22-2)12-23-16-10-15(24-14-6-4-3-5-7-14)11-20-17(16)21-18-19-8-9-25-18/h3-11,13H,12H2,1-2H3,(H,19,20,21). The molecule has 3 aromatic rings. The van der Waals surface area contributed by atoms with Gasteiger partial charge < -0.3 is 19.5 Å². The Morgan fingerprint density at radius 1 is 1.16 bits per heavy atom. The molecular weight excluding hydrogens is 338 g/mol. The van der Waals surface area contributed by atoms with E-state index >= 15 is 0 Å². The van der Waals surface area contributed by atoms with Crippen LogP contribution in [0.15, 0.2) is 54.2 Å². The average Bonchev–Trinajstić information content (AvgIpc) is 3.15. The van der Waals surface area contributed by atoms with Gasteiger partial charge in [-0.05, 0) is 19.1 Å². The Bertz CT molecular complexity index is 782. The van der Waals surface area contributed by atoms with Gasteiger partial charge >= 0.3 is 0 Å². The molecule has 25 heavy (non-hydrogen) atoms.